The predicted molar refractivity (Wildman–Crippen MR) is 102 cm³/mol. The van der Waals surface area contributed by atoms with Crippen LogP contribution in [0.15, 0.2) is 46.0 Å². The highest BCUT2D eigenvalue weighted by Gasteiger charge is 2.53. The molecule has 1 aliphatic carbocycles. The topological polar surface area (TPSA) is 66.5 Å². The smallest absolute Gasteiger partial charge is 0.250 e. The number of carbonyl (C=O) groups excluding carboxylic acids is 1. The highest BCUT2D eigenvalue weighted by Crippen LogP contribution is 2.49. The Bertz CT molecular complexity index is 914. The third-order valence-electron chi connectivity index (χ3n) is 5.42. The molecular weight excluding hydrogens is 387 g/mol. The fourth-order valence-electron chi connectivity index (χ4n) is 3.72. The average molecular weight is 409 g/mol. The van der Waals surface area contributed by atoms with Gasteiger partial charge in [0, 0.05) is 19.1 Å². The van der Waals surface area contributed by atoms with Gasteiger partial charge in [-0.1, -0.05) is 18.2 Å². The van der Waals surface area contributed by atoms with Crippen LogP contribution in [0.4, 0.5) is 4.39 Å². The van der Waals surface area contributed by atoms with Crippen molar-refractivity contribution in [3.8, 4) is 0 Å². The monoisotopic (exact) mass is 408 g/mol. The molecule has 1 amide bonds. The molecule has 0 spiro atoms. The molecule has 2 aromatic rings. The summed E-state index contributed by atoms with van der Waals surface area (Å²) in [5.41, 5.74) is 0.353. The molecule has 27 heavy (non-hydrogen) atoms. The van der Waals surface area contributed by atoms with Gasteiger partial charge in [0.1, 0.15) is 10.0 Å². The number of thiophene rings is 1. The number of carbonyl (C=O) groups is 1. The molecule has 1 aromatic carbocycles. The SMILES string of the molecule is O=C(N1CCC(NS(=O)(=O)c2cccs2)CC1)C1(c2ccc(F)cc2)CC1. The van der Waals surface area contributed by atoms with Gasteiger partial charge in [-0.25, -0.2) is 17.5 Å². The summed E-state index contributed by atoms with van der Waals surface area (Å²) in [6, 6.07) is 9.32. The largest absolute Gasteiger partial charge is 0.342 e. The molecule has 1 saturated carbocycles. The molecule has 5 nitrogen and oxygen atoms in total. The third-order valence-corrected chi connectivity index (χ3v) is 8.34. The number of nitrogens with zero attached hydrogens (tertiary/aromatic N) is 1. The molecule has 2 aliphatic rings. The van der Waals surface area contributed by atoms with E-state index in [4.69, 9.17) is 0 Å². The van der Waals surface area contributed by atoms with Crippen LogP contribution in [-0.2, 0) is 20.2 Å². The van der Waals surface area contributed by atoms with Crippen LogP contribution in [0.3, 0.4) is 0 Å². The van der Waals surface area contributed by atoms with Crippen molar-refractivity contribution < 1.29 is 17.6 Å². The van der Waals surface area contributed by atoms with Crippen molar-refractivity contribution >= 4 is 27.3 Å². The summed E-state index contributed by atoms with van der Waals surface area (Å²) in [5.74, 6) is -0.227. The summed E-state index contributed by atoms with van der Waals surface area (Å²) in [4.78, 5) is 14.9. The second-order valence-electron chi connectivity index (χ2n) is 7.21. The van der Waals surface area contributed by atoms with Crippen LogP contribution >= 0.6 is 11.3 Å². The van der Waals surface area contributed by atoms with Crippen molar-refractivity contribution in [1.29, 1.82) is 0 Å². The summed E-state index contributed by atoms with van der Waals surface area (Å²) >= 11 is 1.19. The van der Waals surface area contributed by atoms with Crippen molar-refractivity contribution in [2.24, 2.45) is 0 Å². The number of nitrogens with one attached hydrogen (secondary N) is 1. The number of likely N-dealkylation sites (tertiary alicyclic amines) is 1. The Balaban J connectivity index is 1.38. The highest BCUT2D eigenvalue weighted by molar-refractivity contribution is 7.91. The quantitative estimate of drug-likeness (QED) is 0.827. The van der Waals surface area contributed by atoms with E-state index in [-0.39, 0.29) is 17.8 Å². The van der Waals surface area contributed by atoms with Crippen molar-refractivity contribution in [3.05, 3.63) is 53.2 Å². The van der Waals surface area contributed by atoms with Gasteiger partial charge in [0.05, 0.1) is 5.41 Å². The summed E-state index contributed by atoms with van der Waals surface area (Å²) in [7, 11) is -3.49. The Morgan fingerprint density at radius 3 is 2.37 bits per heavy atom. The van der Waals surface area contributed by atoms with Crippen molar-refractivity contribution in [3.63, 3.8) is 0 Å². The molecule has 0 atom stereocenters. The maximum atomic E-state index is 13.2. The van der Waals surface area contributed by atoms with Gasteiger partial charge in [0.15, 0.2) is 0 Å². The van der Waals surface area contributed by atoms with E-state index in [1.165, 1.54) is 23.5 Å². The zero-order valence-electron chi connectivity index (χ0n) is 14.7. The van der Waals surface area contributed by atoms with E-state index in [1.54, 1.807) is 29.6 Å². The van der Waals surface area contributed by atoms with Crippen LogP contribution in [-0.4, -0.2) is 38.4 Å². The van der Waals surface area contributed by atoms with Gasteiger partial charge in [-0.2, -0.15) is 0 Å². The third kappa shape index (κ3) is 3.66. The number of benzene rings is 1. The number of amides is 1. The standard InChI is InChI=1S/C19H21FN2O3S2/c20-15-5-3-14(4-6-15)19(9-10-19)18(23)22-11-7-16(8-12-22)21-27(24,25)17-2-1-13-26-17/h1-6,13,16,21H,7-12H2. The fraction of sp³-hybridized carbons (Fsp3) is 0.421. The van der Waals surface area contributed by atoms with Crippen LogP contribution in [0.5, 0.6) is 0 Å². The normalized spacial score (nSPS) is 19.8. The van der Waals surface area contributed by atoms with Gasteiger partial charge in [-0.3, -0.25) is 4.79 Å². The van der Waals surface area contributed by atoms with E-state index in [0.29, 0.717) is 30.1 Å². The van der Waals surface area contributed by atoms with E-state index < -0.39 is 15.4 Å². The Morgan fingerprint density at radius 2 is 1.81 bits per heavy atom. The molecule has 144 valence electrons. The first-order valence-corrected chi connectivity index (χ1v) is 11.4. The first-order chi connectivity index (χ1) is 12.9. The van der Waals surface area contributed by atoms with Gasteiger partial charge in [0.2, 0.25) is 15.9 Å². The molecule has 1 aliphatic heterocycles. The summed E-state index contributed by atoms with van der Waals surface area (Å²) in [6.07, 6.45) is 2.75. The maximum Gasteiger partial charge on any atom is 0.250 e. The molecule has 4 rings (SSSR count). The molecule has 0 radical (unpaired) electrons. The van der Waals surface area contributed by atoms with E-state index in [2.05, 4.69) is 4.72 Å². The lowest BCUT2D eigenvalue weighted by Gasteiger charge is -2.34. The minimum Gasteiger partial charge on any atom is -0.342 e. The average Bonchev–Trinajstić information content (AvgIpc) is 3.26. The summed E-state index contributed by atoms with van der Waals surface area (Å²) in [5, 5.41) is 1.74. The zero-order chi connectivity index (χ0) is 19.1. The van der Waals surface area contributed by atoms with E-state index in [1.807, 2.05) is 4.90 Å². The molecule has 0 unspecified atom stereocenters. The second kappa shape index (κ2) is 7.00. The van der Waals surface area contributed by atoms with Gasteiger partial charge in [-0.15, -0.1) is 11.3 Å². The van der Waals surface area contributed by atoms with Crippen LogP contribution in [0.25, 0.3) is 0 Å². The van der Waals surface area contributed by atoms with Crippen molar-refractivity contribution in [1.82, 2.24) is 9.62 Å². The van der Waals surface area contributed by atoms with E-state index in [9.17, 15) is 17.6 Å². The number of halogens is 1. The lowest BCUT2D eigenvalue weighted by atomic mass is 9.93. The van der Waals surface area contributed by atoms with Crippen LogP contribution in [0.1, 0.15) is 31.2 Å². The molecule has 0 bridgehead atoms. The number of hydrogen-bond donors (Lipinski definition) is 1. The summed E-state index contributed by atoms with van der Waals surface area (Å²) in [6.45, 7) is 1.05. The lowest BCUT2D eigenvalue weighted by Crippen LogP contribution is -2.49. The Hall–Kier alpha value is -1.77. The molecular formula is C19H21FN2O3S2. The first kappa shape index (κ1) is 18.6. The number of hydrogen-bond acceptors (Lipinski definition) is 4. The van der Waals surface area contributed by atoms with Crippen molar-refractivity contribution in [2.75, 3.05) is 13.1 Å². The van der Waals surface area contributed by atoms with Gasteiger partial charge < -0.3 is 4.90 Å². The predicted octanol–water partition coefficient (Wildman–Crippen LogP) is 2.89. The molecule has 1 aromatic heterocycles. The Labute approximate surface area is 162 Å². The number of sulfonamides is 1. The lowest BCUT2D eigenvalue weighted by molar-refractivity contribution is -0.135. The molecule has 1 N–H and O–H groups in total. The highest BCUT2D eigenvalue weighted by atomic mass is 32.2. The minimum atomic E-state index is -3.49. The number of rotatable bonds is 5. The van der Waals surface area contributed by atoms with E-state index >= 15 is 0 Å². The fourth-order valence-corrected chi connectivity index (χ4v) is 6.03. The van der Waals surface area contributed by atoms with Crippen LogP contribution < -0.4 is 4.72 Å². The van der Waals surface area contributed by atoms with Crippen LogP contribution in [0, 0.1) is 5.82 Å². The Morgan fingerprint density at radius 1 is 1.15 bits per heavy atom. The van der Waals surface area contributed by atoms with Crippen molar-refractivity contribution in [2.45, 2.75) is 41.3 Å². The number of piperidine rings is 1. The molecule has 2 heterocycles. The van der Waals surface area contributed by atoms with E-state index in [0.717, 1.165) is 18.4 Å². The maximum absolute atomic E-state index is 13.2. The zero-order valence-corrected chi connectivity index (χ0v) is 16.4. The first-order valence-electron chi connectivity index (χ1n) is 9.02. The second-order valence-corrected chi connectivity index (χ2v) is 10.1. The molecule has 2 fully saturated rings. The Kier molecular flexibility index (Phi) is 4.82. The van der Waals surface area contributed by atoms with Crippen LogP contribution in [0.2, 0.25) is 0 Å². The molecule has 1 saturated heterocycles. The minimum absolute atomic E-state index is 0.0775. The summed E-state index contributed by atoms with van der Waals surface area (Å²) < 4.78 is 40.9. The van der Waals surface area contributed by atoms with Gasteiger partial charge >= 0.3 is 0 Å². The van der Waals surface area contributed by atoms with Gasteiger partial charge in [-0.05, 0) is 54.8 Å². The molecule has 8 heteroatoms. The van der Waals surface area contributed by atoms with Gasteiger partial charge in [0.25, 0.3) is 0 Å².